The van der Waals surface area contributed by atoms with Crippen molar-refractivity contribution in [1.82, 2.24) is 9.97 Å². The van der Waals surface area contributed by atoms with Gasteiger partial charge in [-0.25, -0.2) is 9.97 Å². The number of ether oxygens (including phenoxy) is 1. The first-order valence-electron chi connectivity index (χ1n) is 6.42. The van der Waals surface area contributed by atoms with Crippen molar-refractivity contribution in [2.24, 2.45) is 0 Å². The minimum atomic E-state index is 0.413. The molecule has 0 aliphatic carbocycles. The molecular formula is C15H19N3OS. The summed E-state index contributed by atoms with van der Waals surface area (Å²) in [4.78, 5) is 10.1. The van der Waals surface area contributed by atoms with Gasteiger partial charge in [-0.3, -0.25) is 0 Å². The Labute approximate surface area is 124 Å². The van der Waals surface area contributed by atoms with Crippen molar-refractivity contribution in [3.63, 3.8) is 0 Å². The summed E-state index contributed by atoms with van der Waals surface area (Å²) < 4.78 is 5.11. The van der Waals surface area contributed by atoms with E-state index < -0.39 is 0 Å². The summed E-state index contributed by atoms with van der Waals surface area (Å²) >= 11 is 1.65. The third kappa shape index (κ3) is 3.71. The Hall–Kier alpha value is -1.59. The number of methoxy groups -OCH3 is 1. The maximum Gasteiger partial charge on any atom is 0.157 e. The van der Waals surface area contributed by atoms with Gasteiger partial charge in [0, 0.05) is 25.1 Å². The highest BCUT2D eigenvalue weighted by Gasteiger charge is 2.07. The number of benzene rings is 1. The van der Waals surface area contributed by atoms with Crippen LogP contribution in [0.3, 0.4) is 0 Å². The van der Waals surface area contributed by atoms with Crippen molar-refractivity contribution in [2.75, 3.05) is 19.5 Å². The fourth-order valence-corrected chi connectivity index (χ4v) is 2.80. The number of aromatic nitrogens is 2. The summed E-state index contributed by atoms with van der Waals surface area (Å²) in [5.74, 6) is 1.49. The summed E-state index contributed by atoms with van der Waals surface area (Å²) in [7, 11) is 3.50. The fourth-order valence-electron chi connectivity index (χ4n) is 1.78. The van der Waals surface area contributed by atoms with Crippen LogP contribution in [-0.4, -0.2) is 24.1 Å². The van der Waals surface area contributed by atoms with Gasteiger partial charge in [0.1, 0.15) is 17.5 Å². The normalized spacial score (nSPS) is 10.6. The zero-order chi connectivity index (χ0) is 14.5. The smallest absolute Gasteiger partial charge is 0.157 e. The molecule has 0 saturated carbocycles. The van der Waals surface area contributed by atoms with Gasteiger partial charge in [-0.1, -0.05) is 23.9 Å². The second kappa shape index (κ2) is 6.72. The van der Waals surface area contributed by atoms with E-state index in [1.165, 1.54) is 16.0 Å². The van der Waals surface area contributed by atoms with Crippen molar-refractivity contribution < 1.29 is 4.74 Å². The predicted molar refractivity (Wildman–Crippen MR) is 82.3 cm³/mol. The molecule has 1 N–H and O–H groups in total. The monoisotopic (exact) mass is 289 g/mol. The number of hydrogen-bond donors (Lipinski definition) is 1. The zero-order valence-corrected chi connectivity index (χ0v) is 13.0. The summed E-state index contributed by atoms with van der Waals surface area (Å²) in [6, 6.07) is 8.38. The van der Waals surface area contributed by atoms with Crippen LogP contribution in [0.25, 0.3) is 0 Å². The van der Waals surface area contributed by atoms with Crippen LogP contribution in [0.1, 0.15) is 17.0 Å². The topological polar surface area (TPSA) is 47.0 Å². The molecule has 106 valence electrons. The van der Waals surface area contributed by atoms with E-state index in [-0.39, 0.29) is 0 Å². The van der Waals surface area contributed by atoms with Crippen LogP contribution in [-0.2, 0) is 11.3 Å². The van der Waals surface area contributed by atoms with Gasteiger partial charge in [0.05, 0.1) is 0 Å². The third-order valence-corrected chi connectivity index (χ3v) is 3.91. The molecule has 0 aliphatic heterocycles. The van der Waals surface area contributed by atoms with E-state index in [2.05, 4.69) is 47.3 Å². The Kier molecular flexibility index (Phi) is 4.98. The van der Waals surface area contributed by atoms with E-state index in [1.807, 2.05) is 13.1 Å². The Balaban J connectivity index is 2.32. The molecule has 0 fully saturated rings. The third-order valence-electron chi connectivity index (χ3n) is 2.84. The Bertz CT molecular complexity index is 602. The number of rotatable bonds is 5. The van der Waals surface area contributed by atoms with E-state index in [1.54, 1.807) is 18.9 Å². The lowest BCUT2D eigenvalue weighted by Crippen LogP contribution is -2.02. The maximum absolute atomic E-state index is 5.11. The van der Waals surface area contributed by atoms with Gasteiger partial charge >= 0.3 is 0 Å². The van der Waals surface area contributed by atoms with Crippen molar-refractivity contribution in [1.29, 1.82) is 0 Å². The summed E-state index contributed by atoms with van der Waals surface area (Å²) in [5.41, 5.74) is 2.50. The molecular weight excluding hydrogens is 270 g/mol. The molecule has 0 saturated heterocycles. The molecule has 2 rings (SSSR count). The number of aryl methyl sites for hydroxylation is 2. The second-order valence-corrected chi connectivity index (χ2v) is 5.62. The van der Waals surface area contributed by atoms with Crippen molar-refractivity contribution in [2.45, 2.75) is 30.4 Å². The number of nitrogens with zero attached hydrogens (tertiary/aromatic N) is 2. The minimum Gasteiger partial charge on any atom is -0.377 e. The van der Waals surface area contributed by atoms with Crippen LogP contribution in [0.15, 0.2) is 34.2 Å². The molecule has 0 aliphatic rings. The fraction of sp³-hybridized carbons (Fsp3) is 0.333. The highest BCUT2D eigenvalue weighted by molar-refractivity contribution is 7.99. The van der Waals surface area contributed by atoms with Gasteiger partial charge in [-0.05, 0) is 31.0 Å². The molecule has 4 nitrogen and oxygen atoms in total. The molecule has 1 heterocycles. The van der Waals surface area contributed by atoms with Gasteiger partial charge in [0.25, 0.3) is 0 Å². The average molecular weight is 289 g/mol. The van der Waals surface area contributed by atoms with E-state index in [0.717, 1.165) is 10.8 Å². The molecule has 0 amide bonds. The van der Waals surface area contributed by atoms with Crippen LogP contribution in [0.5, 0.6) is 0 Å². The highest BCUT2D eigenvalue weighted by atomic mass is 32.2. The quantitative estimate of drug-likeness (QED) is 0.854. The number of anilines is 1. The SMILES string of the molecule is CNc1cc(Sc2cc(C)ccc2C)nc(COC)n1. The standard InChI is InChI=1S/C15H19N3OS/c1-10-5-6-11(2)12(7-10)20-15-8-13(16-3)17-14(18-15)9-19-4/h5-8H,9H2,1-4H3,(H,16,17,18). The van der Waals surface area contributed by atoms with Gasteiger partial charge in [0.15, 0.2) is 5.82 Å². The van der Waals surface area contributed by atoms with Crippen LogP contribution >= 0.6 is 11.8 Å². The van der Waals surface area contributed by atoms with Crippen LogP contribution in [0, 0.1) is 13.8 Å². The first-order chi connectivity index (χ1) is 9.62. The molecule has 20 heavy (non-hydrogen) atoms. The van der Waals surface area contributed by atoms with Crippen LogP contribution < -0.4 is 5.32 Å². The first-order valence-corrected chi connectivity index (χ1v) is 7.24. The molecule has 0 atom stereocenters. The highest BCUT2D eigenvalue weighted by Crippen LogP contribution is 2.30. The van der Waals surface area contributed by atoms with Crippen molar-refractivity contribution >= 4 is 17.6 Å². The van der Waals surface area contributed by atoms with E-state index >= 15 is 0 Å². The molecule has 0 unspecified atom stereocenters. The number of hydrogen-bond acceptors (Lipinski definition) is 5. The van der Waals surface area contributed by atoms with Gasteiger partial charge in [-0.15, -0.1) is 0 Å². The summed E-state index contributed by atoms with van der Waals surface area (Å²) in [6.45, 7) is 4.62. The minimum absolute atomic E-state index is 0.413. The second-order valence-electron chi connectivity index (χ2n) is 4.56. The molecule has 2 aromatic rings. The van der Waals surface area contributed by atoms with Gasteiger partial charge in [-0.2, -0.15) is 0 Å². The zero-order valence-electron chi connectivity index (χ0n) is 12.2. The number of nitrogens with one attached hydrogen (secondary N) is 1. The van der Waals surface area contributed by atoms with Crippen LogP contribution in [0.4, 0.5) is 5.82 Å². The lowest BCUT2D eigenvalue weighted by atomic mass is 10.2. The Morgan fingerprint density at radius 2 is 2.00 bits per heavy atom. The van der Waals surface area contributed by atoms with Gasteiger partial charge in [0.2, 0.25) is 0 Å². The molecule has 0 spiro atoms. The maximum atomic E-state index is 5.11. The summed E-state index contributed by atoms with van der Waals surface area (Å²) in [5, 5.41) is 3.98. The Morgan fingerprint density at radius 1 is 1.20 bits per heavy atom. The lowest BCUT2D eigenvalue weighted by Gasteiger charge is -2.09. The molecule has 1 aromatic heterocycles. The van der Waals surface area contributed by atoms with Gasteiger partial charge < -0.3 is 10.1 Å². The predicted octanol–water partition coefficient (Wildman–Crippen LogP) is 3.43. The first kappa shape index (κ1) is 14.8. The molecule has 5 heteroatoms. The molecule has 1 aromatic carbocycles. The van der Waals surface area contributed by atoms with E-state index in [4.69, 9.17) is 4.74 Å². The Morgan fingerprint density at radius 3 is 2.70 bits per heavy atom. The average Bonchev–Trinajstić information content (AvgIpc) is 2.43. The van der Waals surface area contributed by atoms with E-state index in [9.17, 15) is 0 Å². The van der Waals surface area contributed by atoms with Crippen molar-refractivity contribution in [3.05, 3.63) is 41.2 Å². The largest absolute Gasteiger partial charge is 0.377 e. The van der Waals surface area contributed by atoms with Crippen molar-refractivity contribution in [3.8, 4) is 0 Å². The van der Waals surface area contributed by atoms with Crippen LogP contribution in [0.2, 0.25) is 0 Å². The molecule has 0 radical (unpaired) electrons. The lowest BCUT2D eigenvalue weighted by molar-refractivity contribution is 0.177. The molecule has 0 bridgehead atoms. The van der Waals surface area contributed by atoms with E-state index in [0.29, 0.717) is 12.4 Å². The summed E-state index contributed by atoms with van der Waals surface area (Å²) in [6.07, 6.45) is 0.